The van der Waals surface area contributed by atoms with Gasteiger partial charge in [-0.3, -0.25) is 4.79 Å². The second kappa shape index (κ2) is 8.88. The summed E-state index contributed by atoms with van der Waals surface area (Å²) < 4.78 is 27.6. The van der Waals surface area contributed by atoms with Gasteiger partial charge in [0.25, 0.3) is 5.91 Å². The molecule has 1 heterocycles. The van der Waals surface area contributed by atoms with Gasteiger partial charge in [0.05, 0.1) is 4.90 Å². The summed E-state index contributed by atoms with van der Waals surface area (Å²) in [5.41, 5.74) is 1.52. The molecule has 1 N–H and O–H groups in total. The van der Waals surface area contributed by atoms with E-state index in [0.29, 0.717) is 18.7 Å². The van der Waals surface area contributed by atoms with Gasteiger partial charge in [-0.15, -0.1) is 0 Å². The Hall–Kier alpha value is -2.18. The number of hydrogen-bond acceptors (Lipinski definition) is 3. The number of piperidine rings is 1. The van der Waals surface area contributed by atoms with E-state index in [9.17, 15) is 13.2 Å². The number of hydrogen-bond donors (Lipinski definition) is 1. The predicted octanol–water partition coefficient (Wildman–Crippen LogP) is 3.78. The highest BCUT2D eigenvalue weighted by Crippen LogP contribution is 2.25. The molecular formula is C22H28N2O3S. The van der Waals surface area contributed by atoms with Crippen molar-refractivity contribution in [3.63, 3.8) is 0 Å². The molecule has 0 aromatic heterocycles. The number of rotatable bonds is 6. The molecule has 3 rings (SSSR count). The van der Waals surface area contributed by atoms with Crippen LogP contribution >= 0.6 is 0 Å². The third-order valence-corrected chi connectivity index (χ3v) is 7.39. The second-order valence-corrected chi connectivity index (χ2v) is 9.40. The van der Waals surface area contributed by atoms with Gasteiger partial charge in [-0.05, 0) is 49.4 Å². The molecule has 1 fully saturated rings. The Labute approximate surface area is 167 Å². The van der Waals surface area contributed by atoms with E-state index >= 15 is 0 Å². The summed E-state index contributed by atoms with van der Waals surface area (Å²) in [5, 5.41) is 2.92. The molecule has 1 aliphatic rings. The molecule has 0 bridgehead atoms. The summed E-state index contributed by atoms with van der Waals surface area (Å²) in [6, 6.07) is 16.3. The molecule has 2 aromatic carbocycles. The van der Waals surface area contributed by atoms with Crippen molar-refractivity contribution in [3.8, 4) is 0 Å². The van der Waals surface area contributed by atoms with Crippen LogP contribution in [0.3, 0.4) is 0 Å². The Bertz CT molecular complexity index is 912. The van der Waals surface area contributed by atoms with Crippen LogP contribution in [-0.4, -0.2) is 37.8 Å². The van der Waals surface area contributed by atoms with Crippen molar-refractivity contribution in [1.82, 2.24) is 9.62 Å². The minimum atomic E-state index is -3.59. The molecule has 2 atom stereocenters. The van der Waals surface area contributed by atoms with Crippen molar-refractivity contribution < 1.29 is 13.2 Å². The largest absolute Gasteiger partial charge is 0.351 e. The maximum Gasteiger partial charge on any atom is 0.251 e. The fourth-order valence-electron chi connectivity index (χ4n) is 3.61. The fraction of sp³-hybridized carbons (Fsp3) is 0.409. The molecule has 1 aliphatic heterocycles. The van der Waals surface area contributed by atoms with Crippen molar-refractivity contribution in [2.24, 2.45) is 0 Å². The average Bonchev–Trinajstić information content (AvgIpc) is 2.72. The standard InChI is InChI=1S/C22H28N2O3S/c1-17(19-10-4-3-5-11-19)16-23-22(25)20-12-8-13-21(15-20)28(26,27)24-14-7-6-9-18(24)2/h3-5,8,10-13,15,17-18H,6-7,9,14,16H2,1-2H3,(H,23,25)/t17-,18+/m1/s1. The quantitative estimate of drug-likeness (QED) is 0.802. The number of amides is 1. The molecule has 5 nitrogen and oxygen atoms in total. The first-order valence-electron chi connectivity index (χ1n) is 9.84. The SMILES string of the molecule is C[C@H](CNC(=O)c1cccc(S(=O)(=O)N2CCCC[C@@H]2C)c1)c1ccccc1. The second-order valence-electron chi connectivity index (χ2n) is 7.51. The number of sulfonamides is 1. The van der Waals surface area contributed by atoms with Crippen LogP contribution in [0.15, 0.2) is 59.5 Å². The van der Waals surface area contributed by atoms with Crippen molar-refractivity contribution in [2.45, 2.75) is 50.0 Å². The van der Waals surface area contributed by atoms with Crippen molar-refractivity contribution in [1.29, 1.82) is 0 Å². The molecule has 1 amide bonds. The van der Waals surface area contributed by atoms with Crippen LogP contribution in [0.25, 0.3) is 0 Å². The monoisotopic (exact) mass is 400 g/mol. The smallest absolute Gasteiger partial charge is 0.251 e. The van der Waals surface area contributed by atoms with Crippen molar-refractivity contribution in [2.75, 3.05) is 13.1 Å². The molecule has 150 valence electrons. The molecule has 0 radical (unpaired) electrons. The first-order valence-corrected chi connectivity index (χ1v) is 11.3. The Morgan fingerprint density at radius 1 is 1.14 bits per heavy atom. The minimum absolute atomic E-state index is 0.0112. The number of benzene rings is 2. The zero-order chi connectivity index (χ0) is 20.1. The van der Waals surface area contributed by atoms with E-state index < -0.39 is 10.0 Å². The summed E-state index contributed by atoms with van der Waals surface area (Å²) >= 11 is 0. The fourth-order valence-corrected chi connectivity index (χ4v) is 5.36. The lowest BCUT2D eigenvalue weighted by Crippen LogP contribution is -2.42. The third kappa shape index (κ3) is 4.62. The lowest BCUT2D eigenvalue weighted by molar-refractivity contribution is 0.0951. The number of carbonyl (C=O) groups is 1. The van der Waals surface area contributed by atoms with Crippen LogP contribution in [0.4, 0.5) is 0 Å². The summed E-state index contributed by atoms with van der Waals surface area (Å²) in [7, 11) is -3.59. The highest BCUT2D eigenvalue weighted by molar-refractivity contribution is 7.89. The van der Waals surface area contributed by atoms with Crippen LogP contribution in [0, 0.1) is 0 Å². The van der Waals surface area contributed by atoms with Gasteiger partial charge in [0.1, 0.15) is 0 Å². The minimum Gasteiger partial charge on any atom is -0.351 e. The van der Waals surface area contributed by atoms with Crippen LogP contribution < -0.4 is 5.32 Å². The summed E-state index contributed by atoms with van der Waals surface area (Å²) in [6.45, 7) is 5.02. The summed E-state index contributed by atoms with van der Waals surface area (Å²) in [6.07, 6.45) is 2.80. The zero-order valence-electron chi connectivity index (χ0n) is 16.5. The van der Waals surface area contributed by atoms with E-state index in [0.717, 1.165) is 24.8 Å². The Kier molecular flexibility index (Phi) is 6.52. The van der Waals surface area contributed by atoms with Gasteiger partial charge >= 0.3 is 0 Å². The van der Waals surface area contributed by atoms with Crippen molar-refractivity contribution in [3.05, 3.63) is 65.7 Å². The van der Waals surface area contributed by atoms with Gasteiger partial charge < -0.3 is 5.32 Å². The van der Waals surface area contributed by atoms with Gasteiger partial charge in [-0.2, -0.15) is 4.31 Å². The molecule has 1 saturated heterocycles. The Morgan fingerprint density at radius 2 is 1.89 bits per heavy atom. The van der Waals surface area contributed by atoms with Crippen LogP contribution in [0.5, 0.6) is 0 Å². The first kappa shape index (κ1) is 20.6. The normalized spacial score (nSPS) is 19.1. The van der Waals surface area contributed by atoms with Gasteiger partial charge in [0.15, 0.2) is 0 Å². The maximum absolute atomic E-state index is 13.0. The van der Waals surface area contributed by atoms with Crippen molar-refractivity contribution >= 4 is 15.9 Å². The van der Waals surface area contributed by atoms with Crippen LogP contribution in [-0.2, 0) is 10.0 Å². The zero-order valence-corrected chi connectivity index (χ0v) is 17.3. The summed E-state index contributed by atoms with van der Waals surface area (Å²) in [4.78, 5) is 12.8. The van der Waals surface area contributed by atoms with E-state index in [1.54, 1.807) is 22.5 Å². The van der Waals surface area contributed by atoms with Gasteiger partial charge in [-0.1, -0.05) is 49.7 Å². The molecule has 0 aliphatic carbocycles. The van der Waals surface area contributed by atoms with Gasteiger partial charge in [0.2, 0.25) is 10.0 Å². The van der Waals surface area contributed by atoms with Crippen LogP contribution in [0.1, 0.15) is 54.9 Å². The van der Waals surface area contributed by atoms with Gasteiger partial charge in [0, 0.05) is 24.7 Å². The Morgan fingerprint density at radius 3 is 2.61 bits per heavy atom. The maximum atomic E-state index is 13.0. The average molecular weight is 401 g/mol. The molecule has 0 unspecified atom stereocenters. The number of nitrogens with zero attached hydrogens (tertiary/aromatic N) is 1. The lowest BCUT2D eigenvalue weighted by atomic mass is 10.0. The topological polar surface area (TPSA) is 66.5 Å². The molecule has 0 spiro atoms. The Balaban J connectivity index is 1.71. The highest BCUT2D eigenvalue weighted by Gasteiger charge is 2.31. The lowest BCUT2D eigenvalue weighted by Gasteiger charge is -2.32. The highest BCUT2D eigenvalue weighted by atomic mass is 32.2. The van der Waals surface area contributed by atoms with E-state index in [-0.39, 0.29) is 22.8 Å². The van der Waals surface area contributed by atoms with E-state index in [2.05, 4.69) is 5.32 Å². The summed E-state index contributed by atoms with van der Waals surface area (Å²) in [5.74, 6) is -0.0854. The van der Waals surface area contributed by atoms with E-state index in [4.69, 9.17) is 0 Å². The van der Waals surface area contributed by atoms with E-state index in [1.165, 1.54) is 6.07 Å². The van der Waals surface area contributed by atoms with Gasteiger partial charge in [-0.25, -0.2) is 8.42 Å². The van der Waals surface area contributed by atoms with E-state index in [1.807, 2.05) is 44.2 Å². The molecule has 6 heteroatoms. The molecule has 28 heavy (non-hydrogen) atoms. The number of carbonyl (C=O) groups excluding carboxylic acids is 1. The predicted molar refractivity (Wildman–Crippen MR) is 111 cm³/mol. The molecular weight excluding hydrogens is 372 g/mol. The first-order chi connectivity index (χ1) is 13.4. The number of nitrogens with one attached hydrogen (secondary N) is 1. The molecule has 0 saturated carbocycles. The van der Waals surface area contributed by atoms with Crippen LogP contribution in [0.2, 0.25) is 0 Å². The molecule has 2 aromatic rings. The third-order valence-electron chi connectivity index (χ3n) is 5.38.